The van der Waals surface area contributed by atoms with Crippen molar-refractivity contribution in [2.24, 2.45) is 0 Å². The number of likely N-dealkylation sites (tertiary alicyclic amines) is 1. The molecule has 4 heterocycles. The van der Waals surface area contributed by atoms with Crippen LogP contribution in [0.1, 0.15) is 51.0 Å². The van der Waals surface area contributed by atoms with Gasteiger partial charge in [0.25, 0.3) is 0 Å². The molecule has 204 valence electrons. The van der Waals surface area contributed by atoms with E-state index in [0.29, 0.717) is 54.2 Å². The molecule has 7 nitrogen and oxygen atoms in total. The van der Waals surface area contributed by atoms with Crippen LogP contribution in [0.5, 0.6) is 0 Å². The van der Waals surface area contributed by atoms with E-state index in [-0.39, 0.29) is 28.8 Å². The molecule has 0 radical (unpaired) electrons. The Balaban J connectivity index is 1.38. The number of rotatable bonds is 7. The minimum Gasteiger partial charge on any atom is -0.326 e. The van der Waals surface area contributed by atoms with Gasteiger partial charge in [0.15, 0.2) is 11.6 Å². The molecule has 0 unspecified atom stereocenters. The molecular formula is C29H32F3N7. The number of aromatic nitrogens is 5. The van der Waals surface area contributed by atoms with Crippen molar-refractivity contribution in [3.05, 3.63) is 66.3 Å². The minimum absolute atomic E-state index is 0.0404. The fourth-order valence-electron chi connectivity index (χ4n) is 5.23. The third kappa shape index (κ3) is 5.13. The molecular weight excluding hydrogens is 503 g/mol. The van der Waals surface area contributed by atoms with Crippen LogP contribution in [-0.4, -0.2) is 54.7 Å². The van der Waals surface area contributed by atoms with Crippen LogP contribution in [0.3, 0.4) is 0 Å². The molecule has 1 saturated heterocycles. The Morgan fingerprint density at radius 1 is 1.08 bits per heavy atom. The zero-order valence-electron chi connectivity index (χ0n) is 22.6. The molecule has 5 rings (SSSR count). The first-order valence-electron chi connectivity index (χ1n) is 13.1. The second-order valence-corrected chi connectivity index (χ2v) is 10.3. The van der Waals surface area contributed by atoms with E-state index in [1.54, 1.807) is 24.4 Å². The van der Waals surface area contributed by atoms with E-state index in [2.05, 4.69) is 43.7 Å². The molecule has 0 atom stereocenters. The van der Waals surface area contributed by atoms with Crippen LogP contribution in [-0.2, 0) is 0 Å². The Kier molecular flexibility index (Phi) is 7.15. The second-order valence-electron chi connectivity index (χ2n) is 10.3. The molecule has 1 aliphatic rings. The lowest BCUT2D eigenvalue weighted by atomic mass is 9.83. The van der Waals surface area contributed by atoms with E-state index < -0.39 is 17.3 Å². The molecule has 39 heavy (non-hydrogen) atoms. The normalized spacial score (nSPS) is 15.7. The van der Waals surface area contributed by atoms with Crippen molar-refractivity contribution in [2.75, 3.05) is 25.0 Å². The number of pyridine rings is 1. The summed E-state index contributed by atoms with van der Waals surface area (Å²) in [5, 5.41) is 2.95. The number of halogens is 3. The first-order valence-corrected chi connectivity index (χ1v) is 13.1. The van der Waals surface area contributed by atoms with Gasteiger partial charge in [0.2, 0.25) is 5.95 Å². The number of aryl methyl sites for hydroxylation is 1. The molecule has 0 bridgehead atoms. The van der Waals surface area contributed by atoms with Gasteiger partial charge in [-0.05, 0) is 75.6 Å². The molecule has 1 N–H and O–H groups in total. The fourth-order valence-corrected chi connectivity index (χ4v) is 5.23. The van der Waals surface area contributed by atoms with Crippen molar-refractivity contribution >= 4 is 28.4 Å². The summed E-state index contributed by atoms with van der Waals surface area (Å²) < 4.78 is 47.3. The second kappa shape index (κ2) is 10.4. The first kappa shape index (κ1) is 26.8. The van der Waals surface area contributed by atoms with Crippen LogP contribution >= 0.6 is 0 Å². The van der Waals surface area contributed by atoms with Crippen LogP contribution in [0, 0.1) is 18.6 Å². The average molecular weight is 536 g/mol. The number of hydrogen-bond donors (Lipinski definition) is 1. The maximum atomic E-state index is 15.6. The Labute approximate surface area is 225 Å². The van der Waals surface area contributed by atoms with Gasteiger partial charge < -0.3 is 14.8 Å². The van der Waals surface area contributed by atoms with Crippen molar-refractivity contribution in [2.45, 2.75) is 52.2 Å². The van der Waals surface area contributed by atoms with Crippen molar-refractivity contribution in [3.63, 3.8) is 0 Å². The van der Waals surface area contributed by atoms with Gasteiger partial charge in [-0.2, -0.15) is 0 Å². The number of benzene rings is 1. The number of alkyl halides is 1. The van der Waals surface area contributed by atoms with Crippen LogP contribution in [0.4, 0.5) is 24.9 Å². The summed E-state index contributed by atoms with van der Waals surface area (Å²) in [7, 11) is 0. The summed E-state index contributed by atoms with van der Waals surface area (Å²) in [4.78, 5) is 19.3. The zero-order chi connectivity index (χ0) is 27.9. The lowest BCUT2D eigenvalue weighted by molar-refractivity contribution is 0.109. The molecule has 4 aromatic rings. The van der Waals surface area contributed by atoms with E-state index in [1.165, 1.54) is 6.07 Å². The first-order chi connectivity index (χ1) is 18.6. The Morgan fingerprint density at radius 3 is 2.46 bits per heavy atom. The number of nitrogens with zero attached hydrogens (tertiary/aromatic N) is 6. The topological polar surface area (TPSA) is 71.8 Å². The summed E-state index contributed by atoms with van der Waals surface area (Å²) >= 11 is 0. The van der Waals surface area contributed by atoms with Crippen LogP contribution < -0.4 is 5.32 Å². The quantitative estimate of drug-likeness (QED) is 0.286. The molecule has 0 amide bonds. The number of anilines is 2. The van der Waals surface area contributed by atoms with Crippen LogP contribution in [0.25, 0.3) is 27.9 Å². The van der Waals surface area contributed by atoms with Gasteiger partial charge in [-0.25, -0.2) is 33.1 Å². The van der Waals surface area contributed by atoms with Gasteiger partial charge in [-0.15, -0.1) is 0 Å². The summed E-state index contributed by atoms with van der Waals surface area (Å²) in [6.45, 7) is 14.2. The van der Waals surface area contributed by atoms with Crippen molar-refractivity contribution in [1.82, 2.24) is 29.4 Å². The highest BCUT2D eigenvalue weighted by Crippen LogP contribution is 2.38. The number of nitrogens with one attached hydrogen (secondary N) is 1. The number of imidazole rings is 1. The lowest BCUT2D eigenvalue weighted by Crippen LogP contribution is -2.42. The third-order valence-corrected chi connectivity index (χ3v) is 7.45. The van der Waals surface area contributed by atoms with Crippen LogP contribution in [0.15, 0.2) is 43.2 Å². The molecule has 1 aromatic carbocycles. The molecule has 3 aromatic heterocycles. The Bertz CT molecular complexity index is 1520. The summed E-state index contributed by atoms with van der Waals surface area (Å²) in [6.07, 6.45) is 3.39. The molecule has 1 aliphatic heterocycles. The van der Waals surface area contributed by atoms with Crippen LogP contribution in [0.2, 0.25) is 0 Å². The van der Waals surface area contributed by atoms with Gasteiger partial charge in [-0.3, -0.25) is 0 Å². The summed E-state index contributed by atoms with van der Waals surface area (Å²) in [5.74, 6) is -0.0835. The molecule has 0 saturated carbocycles. The maximum absolute atomic E-state index is 15.6. The van der Waals surface area contributed by atoms with Crippen molar-refractivity contribution in [3.8, 4) is 11.3 Å². The van der Waals surface area contributed by atoms with E-state index in [1.807, 2.05) is 25.3 Å². The SMILES string of the molecule is C=C(c1ccc(Nc2ncc(F)c(-c3cc(F)c4nc(C)n(C(C)C)c4c3)n2)nc1)C1(F)CCN(CC)CC1. The van der Waals surface area contributed by atoms with Gasteiger partial charge in [-0.1, -0.05) is 13.5 Å². The van der Waals surface area contributed by atoms with Crippen molar-refractivity contribution < 1.29 is 13.2 Å². The smallest absolute Gasteiger partial charge is 0.229 e. The Hall–Kier alpha value is -3.79. The predicted octanol–water partition coefficient (Wildman–Crippen LogP) is 6.64. The largest absolute Gasteiger partial charge is 0.326 e. The lowest BCUT2D eigenvalue weighted by Gasteiger charge is -2.37. The highest BCUT2D eigenvalue weighted by atomic mass is 19.1. The minimum atomic E-state index is -1.46. The third-order valence-electron chi connectivity index (χ3n) is 7.45. The summed E-state index contributed by atoms with van der Waals surface area (Å²) in [6, 6.07) is 6.37. The van der Waals surface area contributed by atoms with Gasteiger partial charge >= 0.3 is 0 Å². The number of fused-ring (bicyclic) bond motifs is 1. The number of hydrogen-bond acceptors (Lipinski definition) is 6. The molecule has 1 fully saturated rings. The van der Waals surface area contributed by atoms with E-state index in [0.717, 1.165) is 12.7 Å². The molecule has 10 heteroatoms. The average Bonchev–Trinajstić information content (AvgIpc) is 3.27. The van der Waals surface area contributed by atoms with Gasteiger partial charge in [0.05, 0.1) is 11.7 Å². The van der Waals surface area contributed by atoms with Gasteiger partial charge in [0, 0.05) is 30.9 Å². The highest BCUT2D eigenvalue weighted by molar-refractivity contribution is 5.83. The fraction of sp³-hybridized carbons (Fsp3) is 0.379. The van der Waals surface area contributed by atoms with E-state index in [9.17, 15) is 8.78 Å². The highest BCUT2D eigenvalue weighted by Gasteiger charge is 2.37. The van der Waals surface area contributed by atoms with Crippen molar-refractivity contribution in [1.29, 1.82) is 0 Å². The monoisotopic (exact) mass is 535 g/mol. The van der Waals surface area contributed by atoms with E-state index >= 15 is 4.39 Å². The zero-order valence-corrected chi connectivity index (χ0v) is 22.6. The molecule has 0 spiro atoms. The summed E-state index contributed by atoms with van der Waals surface area (Å²) in [5.41, 5.74) is 0.595. The molecule has 0 aliphatic carbocycles. The maximum Gasteiger partial charge on any atom is 0.229 e. The number of piperidine rings is 1. The predicted molar refractivity (Wildman–Crippen MR) is 148 cm³/mol. The Morgan fingerprint density at radius 2 is 1.82 bits per heavy atom. The standard InChI is InChI=1S/C29H32F3N7/c1-6-38-11-9-29(32,10-12-38)18(4)20-7-8-25(33-15-20)36-28-34-16-23(31)26(37-28)21-13-22(30)27-24(14-21)39(17(2)3)19(5)35-27/h7-8,13-17H,4,6,9-12H2,1-3,5H3,(H,33,34,36,37). The number of allylic oxidation sites excluding steroid dienone is 1. The van der Waals surface area contributed by atoms with Gasteiger partial charge in [0.1, 0.15) is 28.5 Å². The van der Waals surface area contributed by atoms with E-state index in [4.69, 9.17) is 0 Å².